The van der Waals surface area contributed by atoms with Crippen molar-refractivity contribution in [2.75, 3.05) is 0 Å². The van der Waals surface area contributed by atoms with Crippen molar-refractivity contribution in [3.63, 3.8) is 0 Å². The summed E-state index contributed by atoms with van der Waals surface area (Å²) in [5.74, 6) is 0. The van der Waals surface area contributed by atoms with Crippen LogP contribution in [0.25, 0.3) is 0 Å². The second kappa shape index (κ2) is 7.55. The standard InChI is InChI=1S/C5H5.2ClH.Rh/c1-2-4-5-3-1;;;/h1-5H;2*1H;/q-1;;;+3/p-2. The molecule has 0 aliphatic heterocycles. The molecule has 0 radical (unpaired) electrons. The van der Waals surface area contributed by atoms with Gasteiger partial charge in [-0.25, -0.2) is 12.1 Å². The van der Waals surface area contributed by atoms with Gasteiger partial charge in [-0.2, -0.15) is 18.2 Å². The zero-order chi connectivity index (χ0) is 6.24. The summed E-state index contributed by atoms with van der Waals surface area (Å²) in [7, 11) is 9.67. The molecule has 0 atom stereocenters. The summed E-state index contributed by atoms with van der Waals surface area (Å²) >= 11 is -0.226. The molecule has 0 saturated carbocycles. The van der Waals surface area contributed by atoms with E-state index in [0.29, 0.717) is 0 Å². The van der Waals surface area contributed by atoms with Gasteiger partial charge in [0.15, 0.2) is 0 Å². The number of hydrogen-bond donors (Lipinski definition) is 0. The normalized spacial score (nSPS) is 7.75. The molecule has 3 heteroatoms. The summed E-state index contributed by atoms with van der Waals surface area (Å²) in [6, 6.07) is 10.0. The molecule has 0 heterocycles. The Labute approximate surface area is 64.8 Å². The molecule has 0 amide bonds. The number of rotatable bonds is 0. The Morgan fingerprint density at radius 1 is 1.12 bits per heavy atom. The average Bonchev–Trinajstić information content (AvgIpc) is 2.17. The van der Waals surface area contributed by atoms with Crippen LogP contribution in [0.3, 0.4) is 0 Å². The summed E-state index contributed by atoms with van der Waals surface area (Å²) in [5.41, 5.74) is 0. The van der Waals surface area contributed by atoms with Crippen molar-refractivity contribution in [2.45, 2.75) is 0 Å². The monoisotopic (exact) mass is 238 g/mol. The minimum atomic E-state index is -0.226. The maximum Gasteiger partial charge on any atom is -0.172 e. The van der Waals surface area contributed by atoms with Crippen LogP contribution in [0.15, 0.2) is 30.3 Å². The Balaban J connectivity index is 0.000000145. The van der Waals surface area contributed by atoms with Crippen molar-refractivity contribution < 1.29 is 15.1 Å². The van der Waals surface area contributed by atoms with Crippen LogP contribution in [-0.2, 0) is 15.1 Å². The van der Waals surface area contributed by atoms with Crippen LogP contribution < -0.4 is 0 Å². The second-order valence-corrected chi connectivity index (χ2v) is 3.50. The van der Waals surface area contributed by atoms with Gasteiger partial charge in [0.25, 0.3) is 0 Å². The van der Waals surface area contributed by atoms with Gasteiger partial charge < -0.3 is 0 Å². The molecule has 0 saturated heterocycles. The number of halogens is 2. The van der Waals surface area contributed by atoms with Crippen molar-refractivity contribution >= 4 is 19.4 Å². The Hall–Kier alpha value is 0.553. The first kappa shape index (κ1) is 8.55. The van der Waals surface area contributed by atoms with E-state index in [9.17, 15) is 0 Å². The molecular formula is C5H5Cl2Rh. The van der Waals surface area contributed by atoms with Gasteiger partial charge >= 0.3 is 34.5 Å². The maximum atomic E-state index is 4.83. The van der Waals surface area contributed by atoms with Crippen LogP contribution in [0.5, 0.6) is 0 Å². The van der Waals surface area contributed by atoms with Gasteiger partial charge in [-0.3, -0.25) is 0 Å². The molecule has 8 heavy (non-hydrogen) atoms. The van der Waals surface area contributed by atoms with Gasteiger partial charge in [0, 0.05) is 0 Å². The Morgan fingerprint density at radius 2 is 1.50 bits per heavy atom. The maximum absolute atomic E-state index is 4.83. The van der Waals surface area contributed by atoms with E-state index >= 15 is 0 Å². The van der Waals surface area contributed by atoms with E-state index in [-0.39, 0.29) is 15.1 Å². The summed E-state index contributed by atoms with van der Waals surface area (Å²) in [5, 5.41) is 0. The van der Waals surface area contributed by atoms with Crippen LogP contribution in [0, 0.1) is 0 Å². The molecule has 0 unspecified atom stereocenters. The van der Waals surface area contributed by atoms with Crippen molar-refractivity contribution in [1.82, 2.24) is 0 Å². The Morgan fingerprint density at radius 3 is 1.62 bits per heavy atom. The van der Waals surface area contributed by atoms with Gasteiger partial charge in [0.05, 0.1) is 0 Å². The Kier molecular flexibility index (Phi) is 8.08. The third kappa shape index (κ3) is 6.55. The predicted octanol–water partition coefficient (Wildman–Crippen LogP) is 2.78. The predicted molar refractivity (Wildman–Crippen MR) is 33.7 cm³/mol. The topological polar surface area (TPSA) is 0 Å². The SMILES string of the molecule is [Cl][Rh+][Cl].c1cc[cH-]c1. The molecule has 1 rings (SSSR count). The molecule has 0 spiro atoms. The summed E-state index contributed by atoms with van der Waals surface area (Å²) in [6.45, 7) is 0. The molecule has 0 nitrogen and oxygen atoms in total. The van der Waals surface area contributed by atoms with Crippen LogP contribution >= 0.6 is 19.4 Å². The minimum Gasteiger partial charge on any atom is -0.214 e. The molecular weight excluding hydrogens is 234 g/mol. The molecule has 48 valence electrons. The van der Waals surface area contributed by atoms with E-state index in [4.69, 9.17) is 19.4 Å². The summed E-state index contributed by atoms with van der Waals surface area (Å²) in [4.78, 5) is 0. The molecule has 1 aromatic carbocycles. The van der Waals surface area contributed by atoms with Gasteiger partial charge in [0.2, 0.25) is 0 Å². The molecule has 0 aromatic heterocycles. The van der Waals surface area contributed by atoms with Crippen LogP contribution in [0.4, 0.5) is 0 Å². The summed E-state index contributed by atoms with van der Waals surface area (Å²) in [6.07, 6.45) is 0. The van der Waals surface area contributed by atoms with Crippen LogP contribution in [0.2, 0.25) is 0 Å². The van der Waals surface area contributed by atoms with Gasteiger partial charge in [-0.15, -0.1) is 0 Å². The third-order valence-corrected chi connectivity index (χ3v) is 0.556. The van der Waals surface area contributed by atoms with Crippen LogP contribution in [-0.4, -0.2) is 0 Å². The zero-order valence-electron chi connectivity index (χ0n) is 3.98. The number of hydrogen-bond acceptors (Lipinski definition) is 0. The van der Waals surface area contributed by atoms with Gasteiger partial charge in [0.1, 0.15) is 0 Å². The van der Waals surface area contributed by atoms with E-state index in [1.54, 1.807) is 0 Å². The van der Waals surface area contributed by atoms with Crippen molar-refractivity contribution in [3.05, 3.63) is 30.3 Å². The fraction of sp³-hybridized carbons (Fsp3) is 0. The van der Waals surface area contributed by atoms with E-state index in [0.717, 1.165) is 0 Å². The van der Waals surface area contributed by atoms with Crippen molar-refractivity contribution in [1.29, 1.82) is 0 Å². The first-order valence-electron chi connectivity index (χ1n) is 1.92. The third-order valence-electron chi connectivity index (χ3n) is 0.556. The van der Waals surface area contributed by atoms with Gasteiger partial charge in [-0.1, -0.05) is 0 Å². The first-order valence-corrected chi connectivity index (χ1v) is 6.14. The van der Waals surface area contributed by atoms with Crippen molar-refractivity contribution in [2.24, 2.45) is 0 Å². The molecule has 0 N–H and O–H groups in total. The molecule has 0 aliphatic carbocycles. The van der Waals surface area contributed by atoms with Crippen molar-refractivity contribution in [3.8, 4) is 0 Å². The zero-order valence-corrected chi connectivity index (χ0v) is 7.13. The Bertz CT molecular complexity index is 77.3. The van der Waals surface area contributed by atoms with E-state index in [2.05, 4.69) is 0 Å². The van der Waals surface area contributed by atoms with E-state index < -0.39 is 0 Å². The average molecular weight is 239 g/mol. The first-order chi connectivity index (χ1) is 3.91. The fourth-order valence-electron chi connectivity index (χ4n) is 0.321. The van der Waals surface area contributed by atoms with E-state index in [1.165, 1.54) is 0 Å². The van der Waals surface area contributed by atoms with Crippen LogP contribution in [0.1, 0.15) is 0 Å². The van der Waals surface area contributed by atoms with Gasteiger partial charge in [-0.05, 0) is 0 Å². The molecule has 0 fully saturated rings. The molecule has 0 bridgehead atoms. The second-order valence-electron chi connectivity index (χ2n) is 1.01. The van der Waals surface area contributed by atoms with E-state index in [1.807, 2.05) is 30.3 Å². The minimum absolute atomic E-state index is 0.226. The summed E-state index contributed by atoms with van der Waals surface area (Å²) < 4.78 is 0. The fourth-order valence-corrected chi connectivity index (χ4v) is 0.321. The quantitative estimate of drug-likeness (QED) is 0.482. The smallest absolute Gasteiger partial charge is 0.172 e. The largest absolute Gasteiger partial charge is 0.214 e. The molecule has 1 aromatic rings. The molecule has 0 aliphatic rings.